The quantitative estimate of drug-likeness (QED) is 0.631. The molecule has 0 N–H and O–H groups in total. The fourth-order valence-corrected chi connectivity index (χ4v) is 2.45. The summed E-state index contributed by atoms with van der Waals surface area (Å²) in [5.41, 5.74) is 0.0903. The van der Waals surface area contributed by atoms with Crippen LogP contribution in [0, 0.1) is 5.41 Å². The van der Waals surface area contributed by atoms with Gasteiger partial charge in [0.15, 0.2) is 0 Å². The molecule has 1 heteroatoms. The van der Waals surface area contributed by atoms with Gasteiger partial charge in [-0.15, -0.1) is 0 Å². The second-order valence-electron chi connectivity index (χ2n) is 4.01. The smallest absolute Gasteiger partial charge is 0.139 e. The molecular formula is C11H20O. The lowest BCUT2D eigenvalue weighted by Gasteiger charge is -2.34. The molecule has 1 unspecified atom stereocenters. The van der Waals surface area contributed by atoms with Gasteiger partial charge in [0, 0.05) is 11.8 Å². The van der Waals surface area contributed by atoms with Crippen LogP contribution < -0.4 is 0 Å². The molecule has 0 radical (unpaired) electrons. The molecule has 70 valence electrons. The van der Waals surface area contributed by atoms with Crippen LogP contribution in [0.15, 0.2) is 0 Å². The predicted octanol–water partition coefficient (Wildman–Crippen LogP) is 3.33. The minimum atomic E-state index is 0.0903. The van der Waals surface area contributed by atoms with Crippen molar-refractivity contribution in [2.45, 2.75) is 58.8 Å². The summed E-state index contributed by atoms with van der Waals surface area (Å²) in [6.07, 6.45) is 7.70. The zero-order valence-corrected chi connectivity index (χ0v) is 8.36. The van der Waals surface area contributed by atoms with Crippen LogP contribution in [-0.2, 0) is 4.79 Å². The summed E-state index contributed by atoms with van der Waals surface area (Å²) in [7, 11) is 0. The first-order valence-electron chi connectivity index (χ1n) is 5.28. The third kappa shape index (κ3) is 1.70. The maximum absolute atomic E-state index is 11.7. The summed E-state index contributed by atoms with van der Waals surface area (Å²) in [6.45, 7) is 4.35. The zero-order valence-electron chi connectivity index (χ0n) is 8.36. The number of carbonyl (C=O) groups is 1. The highest BCUT2D eigenvalue weighted by Gasteiger charge is 2.36. The van der Waals surface area contributed by atoms with Crippen LogP contribution in [0.5, 0.6) is 0 Å². The monoisotopic (exact) mass is 168 g/mol. The van der Waals surface area contributed by atoms with Crippen molar-refractivity contribution < 1.29 is 4.79 Å². The molecule has 1 atom stereocenters. The SMILES string of the molecule is CCCC1(CC)CCCCC1=O. The summed E-state index contributed by atoms with van der Waals surface area (Å²) < 4.78 is 0. The Balaban J connectivity index is 2.66. The zero-order chi connectivity index (χ0) is 9.03. The highest BCUT2D eigenvalue weighted by Crippen LogP contribution is 2.40. The van der Waals surface area contributed by atoms with Gasteiger partial charge in [-0.1, -0.05) is 26.7 Å². The molecule has 0 spiro atoms. The molecule has 0 aliphatic heterocycles. The van der Waals surface area contributed by atoms with E-state index in [1.54, 1.807) is 0 Å². The second kappa shape index (κ2) is 4.06. The van der Waals surface area contributed by atoms with Gasteiger partial charge in [0.05, 0.1) is 0 Å². The van der Waals surface area contributed by atoms with Crippen LogP contribution >= 0.6 is 0 Å². The van der Waals surface area contributed by atoms with E-state index in [1.807, 2.05) is 0 Å². The first kappa shape index (κ1) is 9.76. The van der Waals surface area contributed by atoms with Gasteiger partial charge in [0.1, 0.15) is 5.78 Å². The van der Waals surface area contributed by atoms with E-state index in [9.17, 15) is 4.79 Å². The predicted molar refractivity (Wildman–Crippen MR) is 51.1 cm³/mol. The summed E-state index contributed by atoms with van der Waals surface area (Å²) in [5.74, 6) is 0.540. The van der Waals surface area contributed by atoms with E-state index in [0.29, 0.717) is 5.78 Å². The summed E-state index contributed by atoms with van der Waals surface area (Å²) in [6, 6.07) is 0. The number of carbonyl (C=O) groups excluding carboxylic acids is 1. The molecule has 0 aromatic carbocycles. The Hall–Kier alpha value is -0.330. The van der Waals surface area contributed by atoms with Crippen molar-refractivity contribution >= 4 is 5.78 Å². The Morgan fingerprint density at radius 1 is 1.33 bits per heavy atom. The fraction of sp³-hybridized carbons (Fsp3) is 0.909. The minimum absolute atomic E-state index is 0.0903. The third-order valence-corrected chi connectivity index (χ3v) is 3.31. The van der Waals surface area contributed by atoms with Crippen molar-refractivity contribution in [2.24, 2.45) is 5.41 Å². The molecule has 0 bridgehead atoms. The molecule has 1 fully saturated rings. The maximum Gasteiger partial charge on any atom is 0.139 e. The van der Waals surface area contributed by atoms with E-state index in [2.05, 4.69) is 13.8 Å². The molecule has 1 saturated carbocycles. The first-order valence-corrected chi connectivity index (χ1v) is 5.28. The van der Waals surface area contributed by atoms with Crippen LogP contribution in [0.4, 0.5) is 0 Å². The van der Waals surface area contributed by atoms with Crippen molar-refractivity contribution in [2.75, 3.05) is 0 Å². The van der Waals surface area contributed by atoms with Crippen LogP contribution in [0.3, 0.4) is 0 Å². The van der Waals surface area contributed by atoms with Crippen LogP contribution in [0.2, 0.25) is 0 Å². The molecule has 0 aromatic rings. The number of ketones is 1. The van der Waals surface area contributed by atoms with E-state index < -0.39 is 0 Å². The number of hydrogen-bond donors (Lipinski definition) is 0. The number of hydrogen-bond acceptors (Lipinski definition) is 1. The number of rotatable bonds is 3. The van der Waals surface area contributed by atoms with Crippen molar-refractivity contribution in [3.05, 3.63) is 0 Å². The van der Waals surface area contributed by atoms with E-state index >= 15 is 0 Å². The van der Waals surface area contributed by atoms with Gasteiger partial charge in [0.25, 0.3) is 0 Å². The maximum atomic E-state index is 11.7. The summed E-state index contributed by atoms with van der Waals surface area (Å²) in [5, 5.41) is 0. The van der Waals surface area contributed by atoms with Crippen molar-refractivity contribution in [1.29, 1.82) is 0 Å². The molecule has 1 nitrogen and oxygen atoms in total. The highest BCUT2D eigenvalue weighted by atomic mass is 16.1. The third-order valence-electron chi connectivity index (χ3n) is 3.31. The first-order chi connectivity index (χ1) is 5.75. The van der Waals surface area contributed by atoms with Gasteiger partial charge < -0.3 is 0 Å². The number of Topliss-reactive ketones (excluding diaryl/α,β-unsaturated/α-hetero) is 1. The van der Waals surface area contributed by atoms with Gasteiger partial charge in [-0.2, -0.15) is 0 Å². The van der Waals surface area contributed by atoms with Gasteiger partial charge in [0.2, 0.25) is 0 Å². The standard InChI is InChI=1S/C11H20O/c1-3-8-11(4-2)9-6-5-7-10(11)12/h3-9H2,1-2H3. The Kier molecular flexibility index (Phi) is 3.30. The topological polar surface area (TPSA) is 17.1 Å². The van der Waals surface area contributed by atoms with E-state index in [4.69, 9.17) is 0 Å². The van der Waals surface area contributed by atoms with Crippen LogP contribution in [0.25, 0.3) is 0 Å². The van der Waals surface area contributed by atoms with Gasteiger partial charge in [-0.25, -0.2) is 0 Å². The summed E-state index contributed by atoms with van der Waals surface area (Å²) in [4.78, 5) is 11.7. The van der Waals surface area contributed by atoms with E-state index in [1.165, 1.54) is 6.42 Å². The molecule has 0 amide bonds. The largest absolute Gasteiger partial charge is 0.299 e. The molecule has 1 rings (SSSR count). The molecule has 0 aromatic heterocycles. The van der Waals surface area contributed by atoms with E-state index in [-0.39, 0.29) is 5.41 Å². The normalized spacial score (nSPS) is 30.7. The lowest BCUT2D eigenvalue weighted by atomic mass is 9.68. The average molecular weight is 168 g/mol. The lowest BCUT2D eigenvalue weighted by molar-refractivity contribution is -0.132. The Labute approximate surface area is 75.5 Å². The van der Waals surface area contributed by atoms with Gasteiger partial charge >= 0.3 is 0 Å². The molecule has 1 aliphatic rings. The molecule has 0 heterocycles. The van der Waals surface area contributed by atoms with Gasteiger partial charge in [-0.05, 0) is 25.7 Å². The van der Waals surface area contributed by atoms with Crippen LogP contribution in [0.1, 0.15) is 58.8 Å². The van der Waals surface area contributed by atoms with Crippen molar-refractivity contribution in [3.8, 4) is 0 Å². The van der Waals surface area contributed by atoms with Gasteiger partial charge in [-0.3, -0.25) is 4.79 Å². The lowest BCUT2D eigenvalue weighted by Crippen LogP contribution is -2.33. The highest BCUT2D eigenvalue weighted by molar-refractivity contribution is 5.85. The minimum Gasteiger partial charge on any atom is -0.299 e. The Morgan fingerprint density at radius 3 is 2.58 bits per heavy atom. The van der Waals surface area contributed by atoms with Crippen molar-refractivity contribution in [3.63, 3.8) is 0 Å². The van der Waals surface area contributed by atoms with Crippen molar-refractivity contribution in [1.82, 2.24) is 0 Å². The average Bonchev–Trinajstić information content (AvgIpc) is 2.10. The van der Waals surface area contributed by atoms with E-state index in [0.717, 1.165) is 38.5 Å². The van der Waals surface area contributed by atoms with Crippen LogP contribution in [-0.4, -0.2) is 5.78 Å². The Morgan fingerprint density at radius 2 is 2.08 bits per heavy atom. The second-order valence-corrected chi connectivity index (χ2v) is 4.01. The molecule has 12 heavy (non-hydrogen) atoms. The molecule has 1 aliphatic carbocycles. The molecule has 0 saturated heterocycles. The Bertz CT molecular complexity index is 158. The fourth-order valence-electron chi connectivity index (χ4n) is 2.45. The summed E-state index contributed by atoms with van der Waals surface area (Å²) >= 11 is 0. The molecular weight excluding hydrogens is 148 g/mol.